The molecule has 1 heterocycles. The highest BCUT2D eigenvalue weighted by Gasteiger charge is 2.21. The van der Waals surface area contributed by atoms with Crippen molar-refractivity contribution in [1.82, 2.24) is 4.90 Å². The van der Waals surface area contributed by atoms with Gasteiger partial charge < -0.3 is 9.84 Å². The zero-order valence-corrected chi connectivity index (χ0v) is 11.8. The molecule has 1 aromatic carbocycles. The number of nitrogens with zero attached hydrogens (tertiary/aromatic N) is 1. The van der Waals surface area contributed by atoms with E-state index in [1.165, 1.54) is 37.8 Å². The quantitative estimate of drug-likeness (QED) is 0.800. The second-order valence-corrected chi connectivity index (χ2v) is 5.43. The molecule has 1 aliphatic rings. The van der Waals surface area contributed by atoms with Gasteiger partial charge in [0, 0.05) is 26.3 Å². The summed E-state index contributed by atoms with van der Waals surface area (Å²) in [6.07, 6.45) is 6.28. The molecule has 0 aliphatic carbocycles. The van der Waals surface area contributed by atoms with E-state index >= 15 is 0 Å². The third-order valence-electron chi connectivity index (χ3n) is 3.93. The smallest absolute Gasteiger partial charge is 0.115 e. The van der Waals surface area contributed by atoms with Gasteiger partial charge in [-0.3, -0.25) is 4.90 Å². The first-order chi connectivity index (χ1) is 9.29. The minimum absolute atomic E-state index is 0.366. The summed E-state index contributed by atoms with van der Waals surface area (Å²) in [6, 6.07) is 8.30. The maximum atomic E-state index is 9.55. The number of aromatic hydroxyl groups is 1. The second kappa shape index (κ2) is 7.51. The Balaban J connectivity index is 1.91. The molecule has 1 aromatic rings. The predicted molar refractivity (Wildman–Crippen MR) is 77.3 cm³/mol. The molecule has 0 aromatic heterocycles. The Morgan fingerprint density at radius 2 is 2.26 bits per heavy atom. The molecule has 0 bridgehead atoms. The van der Waals surface area contributed by atoms with Gasteiger partial charge in [0.2, 0.25) is 0 Å². The van der Waals surface area contributed by atoms with E-state index in [1.807, 2.05) is 12.1 Å². The lowest BCUT2D eigenvalue weighted by Crippen LogP contribution is -2.39. The number of hydrogen-bond acceptors (Lipinski definition) is 3. The van der Waals surface area contributed by atoms with E-state index < -0.39 is 0 Å². The van der Waals surface area contributed by atoms with Crippen LogP contribution in [-0.2, 0) is 11.3 Å². The average Bonchev–Trinajstić information content (AvgIpc) is 2.41. The van der Waals surface area contributed by atoms with Crippen LogP contribution in [0, 0.1) is 0 Å². The summed E-state index contributed by atoms with van der Waals surface area (Å²) in [5.41, 5.74) is 1.21. The Morgan fingerprint density at radius 1 is 1.37 bits per heavy atom. The molecule has 0 unspecified atom stereocenters. The number of likely N-dealkylation sites (tertiary alicyclic amines) is 1. The van der Waals surface area contributed by atoms with E-state index in [9.17, 15) is 5.11 Å². The van der Waals surface area contributed by atoms with Gasteiger partial charge in [-0.15, -0.1) is 0 Å². The SMILES string of the molecule is COCCC[C@H]1CCCCN1Cc1cccc(O)c1. The van der Waals surface area contributed by atoms with Crippen LogP contribution in [0.15, 0.2) is 24.3 Å². The fourth-order valence-corrected chi connectivity index (χ4v) is 2.95. The first-order valence-corrected chi connectivity index (χ1v) is 7.30. The summed E-state index contributed by atoms with van der Waals surface area (Å²) in [7, 11) is 1.77. The zero-order valence-electron chi connectivity index (χ0n) is 11.8. The van der Waals surface area contributed by atoms with Crippen molar-refractivity contribution in [2.75, 3.05) is 20.3 Å². The molecule has 1 atom stereocenters. The predicted octanol–water partition coefficient (Wildman–Crippen LogP) is 3.17. The van der Waals surface area contributed by atoms with E-state index in [0.29, 0.717) is 11.8 Å². The van der Waals surface area contributed by atoms with Crippen molar-refractivity contribution >= 4 is 0 Å². The van der Waals surface area contributed by atoms with Crippen LogP contribution in [0.4, 0.5) is 0 Å². The van der Waals surface area contributed by atoms with Gasteiger partial charge in [0.05, 0.1) is 0 Å². The Labute approximate surface area is 116 Å². The lowest BCUT2D eigenvalue weighted by molar-refractivity contribution is 0.116. The van der Waals surface area contributed by atoms with Crippen molar-refractivity contribution < 1.29 is 9.84 Å². The first kappa shape index (κ1) is 14.4. The maximum absolute atomic E-state index is 9.55. The van der Waals surface area contributed by atoms with Crippen molar-refractivity contribution in [3.05, 3.63) is 29.8 Å². The molecule has 106 valence electrons. The van der Waals surface area contributed by atoms with Gasteiger partial charge in [-0.05, 0) is 49.9 Å². The average molecular weight is 263 g/mol. The fraction of sp³-hybridized carbons (Fsp3) is 0.625. The largest absolute Gasteiger partial charge is 0.508 e. The van der Waals surface area contributed by atoms with Crippen LogP contribution in [0.1, 0.15) is 37.7 Å². The lowest BCUT2D eigenvalue weighted by atomic mass is 9.97. The molecule has 0 amide bonds. The van der Waals surface area contributed by atoms with Crippen LogP contribution in [0.25, 0.3) is 0 Å². The van der Waals surface area contributed by atoms with E-state index in [2.05, 4.69) is 11.0 Å². The van der Waals surface area contributed by atoms with Crippen molar-refractivity contribution in [3.8, 4) is 5.75 Å². The second-order valence-electron chi connectivity index (χ2n) is 5.43. The van der Waals surface area contributed by atoms with Gasteiger partial charge in [0.15, 0.2) is 0 Å². The molecular formula is C16H25NO2. The Bertz CT molecular complexity index is 381. The van der Waals surface area contributed by atoms with E-state index in [4.69, 9.17) is 4.74 Å². The normalized spacial score (nSPS) is 20.6. The molecule has 1 fully saturated rings. The molecule has 0 spiro atoms. The number of rotatable bonds is 6. The Kier molecular flexibility index (Phi) is 5.67. The van der Waals surface area contributed by atoms with Gasteiger partial charge in [-0.2, -0.15) is 0 Å². The van der Waals surface area contributed by atoms with Crippen molar-refractivity contribution in [2.45, 2.75) is 44.7 Å². The Morgan fingerprint density at radius 3 is 3.05 bits per heavy atom. The molecule has 1 aliphatic heterocycles. The van der Waals surface area contributed by atoms with Crippen LogP contribution in [0.3, 0.4) is 0 Å². The summed E-state index contributed by atoms with van der Waals surface area (Å²) in [6.45, 7) is 2.98. The lowest BCUT2D eigenvalue weighted by Gasteiger charge is -2.36. The Hall–Kier alpha value is -1.06. The highest BCUT2D eigenvalue weighted by Crippen LogP contribution is 2.23. The van der Waals surface area contributed by atoms with Crippen LogP contribution in [-0.4, -0.2) is 36.3 Å². The van der Waals surface area contributed by atoms with Crippen molar-refractivity contribution in [1.29, 1.82) is 0 Å². The molecule has 1 saturated heterocycles. The van der Waals surface area contributed by atoms with Gasteiger partial charge >= 0.3 is 0 Å². The molecule has 3 nitrogen and oxygen atoms in total. The standard InChI is InChI=1S/C16H25NO2/c1-19-11-5-8-15-7-2-3-10-17(15)13-14-6-4-9-16(18)12-14/h4,6,9,12,15,18H,2-3,5,7-8,10-11,13H2,1H3/t15-/m1/s1. The van der Waals surface area contributed by atoms with Gasteiger partial charge in [0.1, 0.15) is 5.75 Å². The number of phenols is 1. The molecule has 0 saturated carbocycles. The van der Waals surface area contributed by atoms with Gasteiger partial charge in [-0.1, -0.05) is 18.6 Å². The number of phenolic OH excluding ortho intramolecular Hbond substituents is 1. The van der Waals surface area contributed by atoms with Crippen LogP contribution in [0.2, 0.25) is 0 Å². The number of benzene rings is 1. The fourth-order valence-electron chi connectivity index (χ4n) is 2.95. The first-order valence-electron chi connectivity index (χ1n) is 7.30. The molecule has 0 radical (unpaired) electrons. The molecule has 19 heavy (non-hydrogen) atoms. The van der Waals surface area contributed by atoms with E-state index in [-0.39, 0.29) is 0 Å². The topological polar surface area (TPSA) is 32.7 Å². The van der Waals surface area contributed by atoms with Crippen LogP contribution < -0.4 is 0 Å². The van der Waals surface area contributed by atoms with Crippen molar-refractivity contribution in [3.63, 3.8) is 0 Å². The molecular weight excluding hydrogens is 238 g/mol. The number of methoxy groups -OCH3 is 1. The minimum Gasteiger partial charge on any atom is -0.508 e. The third-order valence-corrected chi connectivity index (χ3v) is 3.93. The highest BCUT2D eigenvalue weighted by molar-refractivity contribution is 5.27. The van der Waals surface area contributed by atoms with E-state index in [0.717, 1.165) is 19.6 Å². The van der Waals surface area contributed by atoms with Gasteiger partial charge in [0.25, 0.3) is 0 Å². The highest BCUT2D eigenvalue weighted by atomic mass is 16.5. The summed E-state index contributed by atoms with van der Waals surface area (Å²) in [4.78, 5) is 2.56. The minimum atomic E-state index is 0.366. The van der Waals surface area contributed by atoms with Crippen molar-refractivity contribution in [2.24, 2.45) is 0 Å². The summed E-state index contributed by atoms with van der Waals surface area (Å²) >= 11 is 0. The van der Waals surface area contributed by atoms with Crippen LogP contribution >= 0.6 is 0 Å². The molecule has 3 heteroatoms. The number of piperidine rings is 1. The summed E-state index contributed by atoms with van der Waals surface area (Å²) in [5, 5.41) is 9.55. The van der Waals surface area contributed by atoms with Gasteiger partial charge in [-0.25, -0.2) is 0 Å². The van der Waals surface area contributed by atoms with Crippen LogP contribution in [0.5, 0.6) is 5.75 Å². The number of ether oxygens (including phenoxy) is 1. The monoisotopic (exact) mass is 263 g/mol. The summed E-state index contributed by atoms with van der Waals surface area (Å²) in [5.74, 6) is 0.366. The third kappa shape index (κ3) is 4.51. The van der Waals surface area contributed by atoms with E-state index in [1.54, 1.807) is 13.2 Å². The zero-order chi connectivity index (χ0) is 13.5. The molecule has 1 N–H and O–H groups in total. The number of hydrogen-bond donors (Lipinski definition) is 1. The molecule has 2 rings (SSSR count). The summed E-state index contributed by atoms with van der Waals surface area (Å²) < 4.78 is 5.15. The maximum Gasteiger partial charge on any atom is 0.115 e.